The smallest absolute Gasteiger partial charge is 0.386 e. The molecule has 0 N–H and O–H groups in total. The molecule has 0 atom stereocenters. The first-order chi connectivity index (χ1) is 15.6. The summed E-state index contributed by atoms with van der Waals surface area (Å²) in [5, 5.41) is 3.59. The molecule has 4 nitrogen and oxygen atoms in total. The van der Waals surface area contributed by atoms with Crippen molar-refractivity contribution in [1.29, 1.82) is 0 Å². The molecule has 0 bridgehead atoms. The highest BCUT2D eigenvalue weighted by Gasteiger charge is 2.34. The molecule has 32 heavy (non-hydrogen) atoms. The van der Waals surface area contributed by atoms with Crippen LogP contribution in [0.1, 0.15) is 5.56 Å². The van der Waals surface area contributed by atoms with Crippen molar-refractivity contribution in [2.75, 3.05) is 0 Å². The highest BCUT2D eigenvalue weighted by atomic mass is 31.2. The minimum atomic E-state index is -4.11. The van der Waals surface area contributed by atoms with E-state index in [0.29, 0.717) is 17.2 Å². The van der Waals surface area contributed by atoms with Gasteiger partial charge < -0.3 is 13.6 Å². The number of phosphoric acid groups is 1. The average molecular weight is 440 g/mol. The van der Waals surface area contributed by atoms with Crippen LogP contribution in [0.5, 0.6) is 17.2 Å². The predicted octanol–water partition coefficient (Wildman–Crippen LogP) is 7.95. The maximum absolute atomic E-state index is 14.1. The predicted molar refractivity (Wildman–Crippen MR) is 129 cm³/mol. The summed E-state index contributed by atoms with van der Waals surface area (Å²) in [7, 11) is -4.11. The fourth-order valence-corrected chi connectivity index (χ4v) is 4.93. The molecule has 0 radical (unpaired) electrons. The normalized spacial score (nSPS) is 11.4. The number of hydrogen-bond acceptors (Lipinski definition) is 4. The fraction of sp³-hybridized carbons (Fsp3) is 0.0370. The van der Waals surface area contributed by atoms with Crippen molar-refractivity contribution >= 4 is 29.4 Å². The first-order valence-electron chi connectivity index (χ1n) is 10.3. The lowest BCUT2D eigenvalue weighted by Crippen LogP contribution is -2.08. The summed E-state index contributed by atoms with van der Waals surface area (Å²) in [6, 6.07) is 34.0. The Morgan fingerprint density at radius 3 is 1.62 bits per heavy atom. The van der Waals surface area contributed by atoms with Gasteiger partial charge in [-0.3, -0.25) is 0 Å². The van der Waals surface area contributed by atoms with E-state index in [0.717, 1.165) is 27.1 Å². The van der Waals surface area contributed by atoms with Crippen molar-refractivity contribution in [3.05, 3.63) is 115 Å². The summed E-state index contributed by atoms with van der Waals surface area (Å²) in [5.74, 6) is 1.27. The molecule has 0 saturated carbocycles. The first kappa shape index (κ1) is 20.2. The van der Waals surface area contributed by atoms with E-state index in [4.69, 9.17) is 13.6 Å². The average Bonchev–Trinajstić information content (AvgIpc) is 2.79. The zero-order chi connectivity index (χ0) is 22.0. The molecule has 0 aliphatic carbocycles. The van der Waals surface area contributed by atoms with Gasteiger partial charge in [-0.15, -0.1) is 0 Å². The molecule has 5 rings (SSSR count). The Labute approximate surface area is 186 Å². The molecule has 5 aromatic carbocycles. The molecule has 0 aliphatic heterocycles. The quantitative estimate of drug-likeness (QED) is 0.251. The fourth-order valence-electron chi connectivity index (χ4n) is 3.65. The molecule has 158 valence electrons. The molecule has 0 spiro atoms. The number of benzene rings is 5. The van der Waals surface area contributed by atoms with Gasteiger partial charge in [0.25, 0.3) is 0 Å². The van der Waals surface area contributed by atoms with Crippen LogP contribution in [0.4, 0.5) is 0 Å². The summed E-state index contributed by atoms with van der Waals surface area (Å²) in [4.78, 5) is 0. The molecule has 0 aromatic heterocycles. The van der Waals surface area contributed by atoms with Gasteiger partial charge in [0.2, 0.25) is 0 Å². The SMILES string of the molecule is Cc1cccc(OP(=O)(Oc2cccc3ccccc23)Oc2cccc3ccccc23)c1. The summed E-state index contributed by atoms with van der Waals surface area (Å²) in [6.45, 7) is 1.94. The second kappa shape index (κ2) is 8.41. The number of hydrogen-bond donors (Lipinski definition) is 0. The van der Waals surface area contributed by atoms with Crippen LogP contribution in [0.3, 0.4) is 0 Å². The number of aryl methyl sites for hydroxylation is 1. The second-order valence-corrected chi connectivity index (χ2v) is 8.93. The molecule has 0 saturated heterocycles. The third kappa shape index (κ3) is 4.18. The van der Waals surface area contributed by atoms with E-state index in [9.17, 15) is 4.57 Å². The van der Waals surface area contributed by atoms with Gasteiger partial charge in [-0.1, -0.05) is 84.9 Å². The third-order valence-electron chi connectivity index (χ3n) is 5.13. The van der Waals surface area contributed by atoms with Crippen LogP contribution in [0.2, 0.25) is 0 Å². The maximum atomic E-state index is 14.1. The standard InChI is InChI=1S/C27H21O4P/c1-20-9-6-14-23(19-20)29-32(28,30-26-17-7-12-21-10-2-4-15-24(21)26)31-27-18-8-13-22-11-3-5-16-25(22)27/h2-19H,1H3. The van der Waals surface area contributed by atoms with Gasteiger partial charge in [0.15, 0.2) is 0 Å². The van der Waals surface area contributed by atoms with Gasteiger partial charge in [-0.25, -0.2) is 0 Å². The molecule has 5 heteroatoms. The monoisotopic (exact) mass is 440 g/mol. The van der Waals surface area contributed by atoms with E-state index in [1.54, 1.807) is 24.3 Å². The zero-order valence-corrected chi connectivity index (χ0v) is 18.4. The third-order valence-corrected chi connectivity index (χ3v) is 6.40. The summed E-state index contributed by atoms with van der Waals surface area (Å²) in [5.41, 5.74) is 0.976. The van der Waals surface area contributed by atoms with Gasteiger partial charge in [0, 0.05) is 10.8 Å². The van der Waals surface area contributed by atoms with Crippen molar-refractivity contribution < 1.29 is 18.1 Å². The Balaban J connectivity index is 1.59. The Bertz CT molecular complexity index is 1370. The Morgan fingerprint density at radius 1 is 0.562 bits per heavy atom. The van der Waals surface area contributed by atoms with Crippen molar-refractivity contribution in [2.24, 2.45) is 0 Å². The largest absolute Gasteiger partial charge is 0.647 e. The Morgan fingerprint density at radius 2 is 1.06 bits per heavy atom. The number of rotatable bonds is 6. The van der Waals surface area contributed by atoms with Crippen molar-refractivity contribution in [1.82, 2.24) is 0 Å². The van der Waals surface area contributed by atoms with E-state index in [1.807, 2.05) is 91.9 Å². The maximum Gasteiger partial charge on any atom is 0.647 e. The van der Waals surface area contributed by atoms with E-state index < -0.39 is 7.82 Å². The van der Waals surface area contributed by atoms with Crippen LogP contribution in [0.25, 0.3) is 21.5 Å². The molecule has 0 unspecified atom stereocenters. The Hall–Kier alpha value is -3.75. The molecule has 0 fully saturated rings. The van der Waals surface area contributed by atoms with Crippen molar-refractivity contribution in [3.8, 4) is 17.2 Å². The summed E-state index contributed by atoms with van der Waals surface area (Å²) < 4.78 is 32.0. The van der Waals surface area contributed by atoms with Crippen molar-refractivity contribution in [3.63, 3.8) is 0 Å². The molecular weight excluding hydrogens is 419 g/mol. The van der Waals surface area contributed by atoms with Crippen LogP contribution in [-0.4, -0.2) is 0 Å². The van der Waals surface area contributed by atoms with Crippen LogP contribution < -0.4 is 13.6 Å². The lowest BCUT2D eigenvalue weighted by molar-refractivity contribution is 0.300. The molecule has 0 aliphatic rings. The van der Waals surface area contributed by atoms with Crippen LogP contribution in [0.15, 0.2) is 109 Å². The molecule has 0 amide bonds. The lowest BCUT2D eigenvalue weighted by atomic mass is 10.1. The molecule has 5 aromatic rings. The number of phosphoric ester groups is 1. The molecular formula is C27H21O4P. The number of fused-ring (bicyclic) bond motifs is 2. The van der Waals surface area contributed by atoms with E-state index in [1.165, 1.54) is 0 Å². The van der Waals surface area contributed by atoms with Crippen LogP contribution in [-0.2, 0) is 4.57 Å². The minimum Gasteiger partial charge on any atom is -0.386 e. The van der Waals surface area contributed by atoms with Crippen LogP contribution in [0, 0.1) is 6.92 Å². The van der Waals surface area contributed by atoms with Crippen molar-refractivity contribution in [2.45, 2.75) is 6.92 Å². The van der Waals surface area contributed by atoms with Gasteiger partial charge in [0.1, 0.15) is 17.2 Å². The van der Waals surface area contributed by atoms with E-state index in [2.05, 4.69) is 0 Å². The first-order valence-corrected chi connectivity index (χ1v) is 11.8. The highest BCUT2D eigenvalue weighted by Crippen LogP contribution is 2.52. The van der Waals surface area contributed by atoms with Gasteiger partial charge in [-0.2, -0.15) is 4.57 Å². The Kier molecular flexibility index (Phi) is 5.30. The second-order valence-electron chi connectivity index (χ2n) is 7.49. The lowest BCUT2D eigenvalue weighted by Gasteiger charge is -2.21. The van der Waals surface area contributed by atoms with Gasteiger partial charge in [0.05, 0.1) is 0 Å². The zero-order valence-electron chi connectivity index (χ0n) is 17.5. The van der Waals surface area contributed by atoms with E-state index in [-0.39, 0.29) is 0 Å². The van der Waals surface area contributed by atoms with Gasteiger partial charge in [-0.05, 0) is 47.5 Å². The van der Waals surface area contributed by atoms with E-state index >= 15 is 0 Å². The highest BCUT2D eigenvalue weighted by molar-refractivity contribution is 7.49. The van der Waals surface area contributed by atoms with Gasteiger partial charge >= 0.3 is 7.82 Å². The summed E-state index contributed by atoms with van der Waals surface area (Å²) >= 11 is 0. The van der Waals surface area contributed by atoms with Crippen LogP contribution >= 0.6 is 7.82 Å². The topological polar surface area (TPSA) is 44.8 Å². The summed E-state index contributed by atoms with van der Waals surface area (Å²) in [6.07, 6.45) is 0. The molecule has 0 heterocycles. The minimum absolute atomic E-state index is 0.411.